The molecule has 0 aromatic carbocycles. The Morgan fingerprint density at radius 2 is 1.88 bits per heavy atom. The number of nitrogens with two attached hydrogens (primary N) is 1. The third-order valence-corrected chi connectivity index (χ3v) is 4.25. The lowest BCUT2D eigenvalue weighted by molar-refractivity contribution is -0.118. The molecule has 0 aromatic rings. The lowest BCUT2D eigenvalue weighted by Gasteiger charge is -2.30. The highest BCUT2D eigenvalue weighted by Crippen LogP contribution is 2.34. The number of Topliss-reactive ketones (excluding diaryl/α,β-unsaturated/α-hetero) is 1. The van der Waals surface area contributed by atoms with Crippen molar-refractivity contribution in [2.45, 2.75) is 78.2 Å². The molecule has 1 rings (SSSR count). The first-order chi connectivity index (χ1) is 7.91. The van der Waals surface area contributed by atoms with Gasteiger partial charge in [0.15, 0.2) is 0 Å². The molecule has 1 saturated carbocycles. The van der Waals surface area contributed by atoms with Gasteiger partial charge >= 0.3 is 0 Å². The predicted octanol–water partition coefficient (Wildman–Crippen LogP) is 3.68. The van der Waals surface area contributed by atoms with Gasteiger partial charge in [0, 0.05) is 0 Å². The normalized spacial score (nSPS) is 20.2. The van der Waals surface area contributed by atoms with Crippen molar-refractivity contribution >= 4 is 5.78 Å². The van der Waals surface area contributed by atoms with Gasteiger partial charge in [0.1, 0.15) is 5.78 Å². The van der Waals surface area contributed by atoms with Crippen molar-refractivity contribution in [1.29, 1.82) is 0 Å². The molecule has 1 aliphatic rings. The lowest BCUT2D eigenvalue weighted by Crippen LogP contribution is -2.34. The van der Waals surface area contributed by atoms with E-state index in [0.717, 1.165) is 12.3 Å². The molecular weight excluding hydrogens is 210 g/mol. The first-order valence-corrected chi connectivity index (χ1v) is 7.17. The van der Waals surface area contributed by atoms with Crippen molar-refractivity contribution in [2.75, 3.05) is 0 Å². The van der Waals surface area contributed by atoms with Crippen LogP contribution in [-0.2, 0) is 4.79 Å². The van der Waals surface area contributed by atoms with Gasteiger partial charge in [-0.05, 0) is 37.5 Å². The Morgan fingerprint density at radius 1 is 1.29 bits per heavy atom. The standard InChI is InChI=1S/C15H29NO/c1-12(17)14(16)11-15(2,3)10-9-13-7-5-4-6-8-13/h13-14H,4-11,16H2,1-3H3. The van der Waals surface area contributed by atoms with E-state index in [-0.39, 0.29) is 17.2 Å². The zero-order chi connectivity index (χ0) is 12.9. The fourth-order valence-electron chi connectivity index (χ4n) is 2.91. The van der Waals surface area contributed by atoms with Gasteiger partial charge in [0.25, 0.3) is 0 Å². The molecule has 0 saturated heterocycles. The first-order valence-electron chi connectivity index (χ1n) is 7.17. The van der Waals surface area contributed by atoms with E-state index in [0.29, 0.717) is 0 Å². The third-order valence-electron chi connectivity index (χ3n) is 4.25. The van der Waals surface area contributed by atoms with E-state index in [1.54, 1.807) is 6.92 Å². The van der Waals surface area contributed by atoms with Gasteiger partial charge in [-0.3, -0.25) is 4.79 Å². The zero-order valence-electron chi connectivity index (χ0n) is 11.8. The molecule has 100 valence electrons. The van der Waals surface area contributed by atoms with Gasteiger partial charge < -0.3 is 5.73 Å². The Balaban J connectivity index is 2.30. The predicted molar refractivity (Wildman–Crippen MR) is 72.9 cm³/mol. The van der Waals surface area contributed by atoms with Crippen LogP contribution in [0.3, 0.4) is 0 Å². The van der Waals surface area contributed by atoms with E-state index in [9.17, 15) is 4.79 Å². The van der Waals surface area contributed by atoms with E-state index in [1.165, 1.54) is 44.9 Å². The maximum atomic E-state index is 11.2. The van der Waals surface area contributed by atoms with E-state index in [4.69, 9.17) is 5.73 Å². The summed E-state index contributed by atoms with van der Waals surface area (Å²) in [6, 6.07) is -0.267. The number of hydrogen-bond acceptors (Lipinski definition) is 2. The van der Waals surface area contributed by atoms with Gasteiger partial charge in [-0.2, -0.15) is 0 Å². The maximum absolute atomic E-state index is 11.2. The van der Waals surface area contributed by atoms with Crippen LogP contribution in [0.15, 0.2) is 0 Å². The zero-order valence-corrected chi connectivity index (χ0v) is 11.8. The van der Waals surface area contributed by atoms with Crippen molar-refractivity contribution in [3.63, 3.8) is 0 Å². The van der Waals surface area contributed by atoms with Crippen molar-refractivity contribution < 1.29 is 4.79 Å². The number of carbonyl (C=O) groups is 1. The number of rotatable bonds is 6. The molecule has 1 fully saturated rings. The molecule has 1 aliphatic carbocycles. The third kappa shape index (κ3) is 5.67. The average molecular weight is 239 g/mol. The average Bonchev–Trinajstić information content (AvgIpc) is 2.27. The largest absolute Gasteiger partial charge is 0.322 e. The van der Waals surface area contributed by atoms with E-state index >= 15 is 0 Å². The Kier molecular flexibility index (Phi) is 5.64. The summed E-state index contributed by atoms with van der Waals surface area (Å²) in [7, 11) is 0. The quantitative estimate of drug-likeness (QED) is 0.768. The van der Waals surface area contributed by atoms with Gasteiger partial charge in [-0.25, -0.2) is 0 Å². The molecule has 0 spiro atoms. The van der Waals surface area contributed by atoms with Crippen LogP contribution < -0.4 is 5.73 Å². The maximum Gasteiger partial charge on any atom is 0.146 e. The van der Waals surface area contributed by atoms with E-state index < -0.39 is 0 Å². The SMILES string of the molecule is CC(=O)C(N)CC(C)(C)CCC1CCCCC1. The van der Waals surface area contributed by atoms with Crippen molar-refractivity contribution in [1.82, 2.24) is 0 Å². The van der Waals surface area contributed by atoms with Gasteiger partial charge in [0.2, 0.25) is 0 Å². The lowest BCUT2D eigenvalue weighted by atomic mass is 9.76. The fourth-order valence-corrected chi connectivity index (χ4v) is 2.91. The van der Waals surface area contributed by atoms with E-state index in [1.807, 2.05) is 0 Å². The summed E-state index contributed by atoms with van der Waals surface area (Å²) in [5.41, 5.74) is 6.07. The van der Waals surface area contributed by atoms with Crippen molar-refractivity contribution in [3.05, 3.63) is 0 Å². The molecule has 0 aliphatic heterocycles. The van der Waals surface area contributed by atoms with Crippen LogP contribution in [0.1, 0.15) is 72.1 Å². The van der Waals surface area contributed by atoms with Crippen LogP contribution >= 0.6 is 0 Å². The monoisotopic (exact) mass is 239 g/mol. The minimum absolute atomic E-state index is 0.121. The van der Waals surface area contributed by atoms with Crippen LogP contribution in [-0.4, -0.2) is 11.8 Å². The summed E-state index contributed by atoms with van der Waals surface area (Å²) < 4.78 is 0. The second-order valence-corrected chi connectivity index (χ2v) is 6.63. The highest BCUT2D eigenvalue weighted by Gasteiger charge is 2.25. The molecule has 0 heterocycles. The molecule has 1 atom stereocenters. The fraction of sp³-hybridized carbons (Fsp3) is 0.933. The van der Waals surface area contributed by atoms with Gasteiger partial charge in [0.05, 0.1) is 6.04 Å². The smallest absolute Gasteiger partial charge is 0.146 e. The highest BCUT2D eigenvalue weighted by molar-refractivity contribution is 5.81. The Morgan fingerprint density at radius 3 is 2.41 bits per heavy atom. The molecule has 1 unspecified atom stereocenters. The molecule has 0 aromatic heterocycles. The van der Waals surface area contributed by atoms with Crippen LogP contribution in [0.2, 0.25) is 0 Å². The number of ketones is 1. The molecule has 0 bridgehead atoms. The molecule has 17 heavy (non-hydrogen) atoms. The Bertz CT molecular complexity index is 241. The van der Waals surface area contributed by atoms with E-state index in [2.05, 4.69) is 13.8 Å². The summed E-state index contributed by atoms with van der Waals surface area (Å²) in [5, 5.41) is 0. The van der Waals surface area contributed by atoms with Crippen molar-refractivity contribution in [3.8, 4) is 0 Å². The Hall–Kier alpha value is -0.370. The summed E-state index contributed by atoms with van der Waals surface area (Å²) in [4.78, 5) is 11.2. The molecule has 2 heteroatoms. The Labute approximate surface area is 106 Å². The second kappa shape index (κ2) is 6.53. The first kappa shape index (κ1) is 14.7. The van der Waals surface area contributed by atoms with Crippen LogP contribution in [0.25, 0.3) is 0 Å². The summed E-state index contributed by atoms with van der Waals surface area (Å²) in [6.07, 6.45) is 10.4. The minimum atomic E-state index is -0.267. The molecule has 2 nitrogen and oxygen atoms in total. The van der Waals surface area contributed by atoms with Crippen LogP contribution in [0.4, 0.5) is 0 Å². The molecule has 0 amide bonds. The summed E-state index contributed by atoms with van der Waals surface area (Å²) in [6.45, 7) is 6.10. The van der Waals surface area contributed by atoms with Crippen LogP contribution in [0, 0.1) is 11.3 Å². The van der Waals surface area contributed by atoms with Gasteiger partial charge in [-0.1, -0.05) is 46.0 Å². The topological polar surface area (TPSA) is 43.1 Å². The second-order valence-electron chi connectivity index (χ2n) is 6.63. The summed E-state index contributed by atoms with van der Waals surface area (Å²) in [5.74, 6) is 1.05. The number of hydrogen-bond donors (Lipinski definition) is 1. The minimum Gasteiger partial charge on any atom is -0.322 e. The summed E-state index contributed by atoms with van der Waals surface area (Å²) >= 11 is 0. The molecule has 0 radical (unpaired) electrons. The molecule has 2 N–H and O–H groups in total. The highest BCUT2D eigenvalue weighted by atomic mass is 16.1. The van der Waals surface area contributed by atoms with Gasteiger partial charge in [-0.15, -0.1) is 0 Å². The molecular formula is C15H29NO. The number of carbonyl (C=O) groups excluding carboxylic acids is 1. The van der Waals surface area contributed by atoms with Crippen LogP contribution in [0.5, 0.6) is 0 Å². The van der Waals surface area contributed by atoms with Crippen molar-refractivity contribution in [2.24, 2.45) is 17.1 Å².